The molecule has 0 aliphatic heterocycles. The number of carbonyl (C=O) groups excluding carboxylic acids is 2. The number of rotatable bonds is 75. The van der Waals surface area contributed by atoms with E-state index >= 15 is 0 Å². The molecule has 0 aromatic rings. The third-order valence-electron chi connectivity index (χ3n) is 18.5. The Labute approximate surface area is 556 Å². The van der Waals surface area contributed by atoms with Crippen LogP contribution < -0.4 is 5.32 Å². The Morgan fingerprint density at radius 2 is 0.562 bits per heavy atom. The Bertz CT molecular complexity index is 1530. The van der Waals surface area contributed by atoms with Crippen molar-refractivity contribution >= 4 is 11.9 Å². The molecule has 0 radical (unpaired) electrons. The van der Waals surface area contributed by atoms with Gasteiger partial charge in [0.05, 0.1) is 25.4 Å². The van der Waals surface area contributed by atoms with Gasteiger partial charge in [0.1, 0.15) is 0 Å². The van der Waals surface area contributed by atoms with Crippen molar-refractivity contribution in [1.82, 2.24) is 5.32 Å². The van der Waals surface area contributed by atoms with Gasteiger partial charge in [-0.15, -0.1) is 0 Å². The second-order valence-electron chi connectivity index (χ2n) is 27.4. The number of amides is 1. The average Bonchev–Trinajstić information content (AvgIpc) is 3.63. The van der Waals surface area contributed by atoms with Crippen LogP contribution >= 0.6 is 0 Å². The van der Waals surface area contributed by atoms with Crippen molar-refractivity contribution in [2.45, 2.75) is 443 Å². The Morgan fingerprint density at radius 1 is 0.315 bits per heavy atom. The molecule has 0 heterocycles. The number of aliphatic hydroxyl groups excluding tert-OH is 2. The molecule has 0 aliphatic rings. The van der Waals surface area contributed by atoms with Crippen LogP contribution in [-0.2, 0) is 14.3 Å². The molecule has 0 rings (SSSR count). The Balaban J connectivity index is 3.37. The number of hydrogen-bond donors (Lipinski definition) is 3. The molecule has 6 nitrogen and oxygen atoms in total. The summed E-state index contributed by atoms with van der Waals surface area (Å²) in [5.41, 5.74) is 0. The van der Waals surface area contributed by atoms with Gasteiger partial charge < -0.3 is 20.3 Å². The quantitative estimate of drug-likeness (QED) is 0.0320. The van der Waals surface area contributed by atoms with Crippen molar-refractivity contribution in [3.05, 3.63) is 60.8 Å². The van der Waals surface area contributed by atoms with Crippen molar-refractivity contribution in [1.29, 1.82) is 0 Å². The first-order chi connectivity index (χ1) is 44.0. The van der Waals surface area contributed by atoms with Crippen LogP contribution in [0.1, 0.15) is 431 Å². The normalized spacial score (nSPS) is 12.8. The second-order valence-corrected chi connectivity index (χ2v) is 27.4. The van der Waals surface area contributed by atoms with Gasteiger partial charge in [-0.05, 0) is 96.3 Å². The van der Waals surface area contributed by atoms with E-state index in [0.29, 0.717) is 19.4 Å². The summed E-state index contributed by atoms with van der Waals surface area (Å²) < 4.78 is 5.50. The van der Waals surface area contributed by atoms with Crippen LogP contribution in [0.15, 0.2) is 60.8 Å². The van der Waals surface area contributed by atoms with Gasteiger partial charge in [-0.25, -0.2) is 0 Å². The zero-order chi connectivity index (χ0) is 64.2. The van der Waals surface area contributed by atoms with Gasteiger partial charge in [-0.2, -0.15) is 0 Å². The van der Waals surface area contributed by atoms with E-state index in [4.69, 9.17) is 4.74 Å². The molecule has 1 amide bonds. The maximum Gasteiger partial charge on any atom is 0.305 e. The fourth-order valence-corrected chi connectivity index (χ4v) is 12.4. The first-order valence-electron chi connectivity index (χ1n) is 40.1. The molecule has 2 unspecified atom stereocenters. The zero-order valence-corrected chi connectivity index (χ0v) is 59.9. The van der Waals surface area contributed by atoms with Gasteiger partial charge in [-0.1, -0.05) is 383 Å². The van der Waals surface area contributed by atoms with E-state index in [0.717, 1.165) is 57.8 Å². The number of allylic oxidation sites excluding steroid dienone is 9. The van der Waals surface area contributed by atoms with Crippen LogP contribution in [0.4, 0.5) is 0 Å². The van der Waals surface area contributed by atoms with Crippen LogP contribution in [0.3, 0.4) is 0 Å². The van der Waals surface area contributed by atoms with E-state index in [-0.39, 0.29) is 18.5 Å². The van der Waals surface area contributed by atoms with Crippen molar-refractivity contribution in [2.24, 2.45) is 0 Å². The minimum Gasteiger partial charge on any atom is -0.466 e. The number of esters is 1. The molecule has 522 valence electrons. The molecular weight excluding hydrogens is 1090 g/mol. The second kappa shape index (κ2) is 78.0. The molecule has 0 saturated carbocycles. The van der Waals surface area contributed by atoms with Crippen LogP contribution in [0.5, 0.6) is 0 Å². The third kappa shape index (κ3) is 74.5. The Morgan fingerprint density at radius 3 is 0.865 bits per heavy atom. The van der Waals surface area contributed by atoms with E-state index in [9.17, 15) is 19.8 Å². The first kappa shape index (κ1) is 86.6. The summed E-state index contributed by atoms with van der Waals surface area (Å²) in [7, 11) is 0. The standard InChI is InChI=1S/C83H155NO5/c1-3-5-7-9-11-13-15-17-19-44-47-51-55-59-63-67-71-75-81(86)80(79-85)84-82(87)76-72-68-64-60-56-52-48-45-42-40-38-36-34-32-30-28-26-24-22-21-23-25-27-29-31-33-35-37-39-41-43-46-50-54-58-62-66-70-74-78-89-83(88)77-73-69-65-61-57-53-49-20-18-16-14-12-10-8-6-4-2/h14,16,20-22,25,27,49,71,75,80-81,85-86H,3-13,15,17-19,23-24,26,28-48,50-70,72-74,76-79H2,1-2H3,(H,84,87)/b16-14-,22-21-,27-25-,49-20-,75-71+. The Hall–Kier alpha value is -2.44. The largest absolute Gasteiger partial charge is 0.466 e. The van der Waals surface area contributed by atoms with Crippen molar-refractivity contribution in [3.63, 3.8) is 0 Å². The SMILES string of the molecule is CCCCCC/C=C\C/C=C\CCCCCCCC(=O)OCCCCCCCCCCCCCCCCC/C=C\C/C=C\CCCCCCCCCCCCCCCCCCCC(=O)NC(CO)C(O)/C=C/CCCCCCCCCCCCCCCCC. The third-order valence-corrected chi connectivity index (χ3v) is 18.5. The smallest absolute Gasteiger partial charge is 0.305 e. The van der Waals surface area contributed by atoms with Gasteiger partial charge in [0.15, 0.2) is 0 Å². The summed E-state index contributed by atoms with van der Waals surface area (Å²) >= 11 is 0. The highest BCUT2D eigenvalue weighted by Gasteiger charge is 2.18. The Kier molecular flexibility index (Phi) is 75.9. The highest BCUT2D eigenvalue weighted by Crippen LogP contribution is 2.19. The van der Waals surface area contributed by atoms with E-state index in [2.05, 4.69) is 67.8 Å². The molecule has 0 fully saturated rings. The molecule has 0 aromatic carbocycles. The summed E-state index contributed by atoms with van der Waals surface area (Å²) in [4.78, 5) is 24.6. The maximum atomic E-state index is 12.5. The highest BCUT2D eigenvalue weighted by atomic mass is 16.5. The van der Waals surface area contributed by atoms with Crippen molar-refractivity contribution < 1.29 is 24.5 Å². The summed E-state index contributed by atoms with van der Waals surface area (Å²) in [6, 6.07) is -0.627. The fourth-order valence-electron chi connectivity index (χ4n) is 12.4. The first-order valence-corrected chi connectivity index (χ1v) is 40.1. The lowest BCUT2D eigenvalue weighted by molar-refractivity contribution is -0.143. The van der Waals surface area contributed by atoms with Gasteiger partial charge in [-0.3, -0.25) is 9.59 Å². The van der Waals surface area contributed by atoms with Crippen LogP contribution in [0, 0.1) is 0 Å². The van der Waals surface area contributed by atoms with Gasteiger partial charge >= 0.3 is 5.97 Å². The van der Waals surface area contributed by atoms with Gasteiger partial charge in [0.25, 0.3) is 0 Å². The van der Waals surface area contributed by atoms with Crippen LogP contribution in [-0.4, -0.2) is 47.4 Å². The van der Waals surface area contributed by atoms with Crippen molar-refractivity contribution in [3.8, 4) is 0 Å². The van der Waals surface area contributed by atoms with E-state index in [1.807, 2.05) is 6.08 Å². The highest BCUT2D eigenvalue weighted by molar-refractivity contribution is 5.76. The van der Waals surface area contributed by atoms with E-state index < -0.39 is 12.1 Å². The molecule has 3 N–H and O–H groups in total. The molecule has 0 bridgehead atoms. The molecular formula is C83H155NO5. The summed E-state index contributed by atoms with van der Waals surface area (Å²) in [5, 5.41) is 23.2. The van der Waals surface area contributed by atoms with E-state index in [1.54, 1.807) is 6.08 Å². The molecule has 0 saturated heterocycles. The lowest BCUT2D eigenvalue weighted by atomic mass is 10.0. The number of nitrogens with one attached hydrogen (secondary N) is 1. The summed E-state index contributed by atoms with van der Waals surface area (Å²) in [5.74, 6) is -0.0553. The fraction of sp³-hybridized carbons (Fsp3) is 0.855. The number of aliphatic hydroxyl groups is 2. The molecule has 0 spiro atoms. The summed E-state index contributed by atoms with van der Waals surface area (Å²) in [6.07, 6.45) is 105. The van der Waals surface area contributed by atoms with Crippen LogP contribution in [0.25, 0.3) is 0 Å². The minimum atomic E-state index is -0.843. The monoisotopic (exact) mass is 1250 g/mol. The topological polar surface area (TPSA) is 95.9 Å². The number of ether oxygens (including phenoxy) is 1. The lowest BCUT2D eigenvalue weighted by Crippen LogP contribution is -2.45. The lowest BCUT2D eigenvalue weighted by Gasteiger charge is -2.20. The molecule has 0 aliphatic carbocycles. The predicted octanol–water partition coefficient (Wildman–Crippen LogP) is 26.5. The molecule has 6 heteroatoms. The maximum absolute atomic E-state index is 12.5. The number of unbranched alkanes of at least 4 members (excludes halogenated alkanes) is 56. The average molecular weight is 1250 g/mol. The van der Waals surface area contributed by atoms with Gasteiger partial charge in [0.2, 0.25) is 5.91 Å². The molecule has 0 aromatic heterocycles. The predicted molar refractivity (Wildman–Crippen MR) is 393 cm³/mol. The number of hydrogen-bond acceptors (Lipinski definition) is 5. The van der Waals surface area contributed by atoms with E-state index in [1.165, 1.54) is 347 Å². The minimum absolute atomic E-state index is 0.00679. The summed E-state index contributed by atoms with van der Waals surface area (Å²) in [6.45, 7) is 4.92. The van der Waals surface area contributed by atoms with Crippen LogP contribution in [0.2, 0.25) is 0 Å². The van der Waals surface area contributed by atoms with Gasteiger partial charge in [0, 0.05) is 12.8 Å². The number of carbonyl (C=O) groups is 2. The van der Waals surface area contributed by atoms with Crippen molar-refractivity contribution in [2.75, 3.05) is 13.2 Å². The zero-order valence-electron chi connectivity index (χ0n) is 59.9. The molecule has 2 atom stereocenters. The molecule has 89 heavy (non-hydrogen) atoms.